The van der Waals surface area contributed by atoms with Gasteiger partial charge in [0.15, 0.2) is 0 Å². The number of hydrogen-bond donors (Lipinski definition) is 1. The van der Waals surface area contributed by atoms with Gasteiger partial charge in [-0.3, -0.25) is 4.79 Å². The second-order valence-corrected chi connectivity index (χ2v) is 9.79. The molecule has 0 aromatic heterocycles. The van der Waals surface area contributed by atoms with E-state index in [1.807, 2.05) is 6.07 Å². The molecule has 0 bridgehead atoms. The van der Waals surface area contributed by atoms with E-state index in [0.29, 0.717) is 24.8 Å². The van der Waals surface area contributed by atoms with Crippen molar-refractivity contribution in [1.29, 1.82) is 0 Å². The number of benzene rings is 1. The summed E-state index contributed by atoms with van der Waals surface area (Å²) in [6, 6.07) is 5.14. The molecule has 2 aliphatic rings. The van der Waals surface area contributed by atoms with Gasteiger partial charge in [-0.15, -0.1) is 0 Å². The molecule has 0 spiro atoms. The number of carbonyl (C=O) groups excluding carboxylic acids is 1. The Labute approximate surface area is 156 Å². The van der Waals surface area contributed by atoms with Crippen LogP contribution in [0.2, 0.25) is 0 Å². The van der Waals surface area contributed by atoms with Crippen molar-refractivity contribution in [3.05, 3.63) is 23.8 Å². The van der Waals surface area contributed by atoms with E-state index in [1.165, 1.54) is 18.4 Å². The molecular formula is C19H29N3O3S. The highest BCUT2D eigenvalue weighted by Crippen LogP contribution is 2.33. The highest BCUT2D eigenvalue weighted by atomic mass is 32.2. The molecule has 1 aromatic rings. The Bertz CT molecular complexity index is 770. The van der Waals surface area contributed by atoms with Crippen LogP contribution < -0.4 is 10.2 Å². The molecule has 1 unspecified atom stereocenters. The van der Waals surface area contributed by atoms with E-state index >= 15 is 0 Å². The van der Waals surface area contributed by atoms with Crippen molar-refractivity contribution < 1.29 is 13.2 Å². The number of sulfonamides is 1. The normalized spacial score (nSPS) is 19.6. The highest BCUT2D eigenvalue weighted by Gasteiger charge is 2.30. The highest BCUT2D eigenvalue weighted by molar-refractivity contribution is 7.89. The lowest BCUT2D eigenvalue weighted by Crippen LogP contribution is -2.35. The molecule has 0 radical (unpaired) electrons. The van der Waals surface area contributed by atoms with Crippen LogP contribution in [0.5, 0.6) is 0 Å². The van der Waals surface area contributed by atoms with E-state index < -0.39 is 10.0 Å². The van der Waals surface area contributed by atoms with Gasteiger partial charge in [-0.1, -0.05) is 13.0 Å². The predicted octanol–water partition coefficient (Wildman–Crippen LogP) is 1.85. The molecule has 6 nitrogen and oxygen atoms in total. The number of carbonyl (C=O) groups is 1. The van der Waals surface area contributed by atoms with Gasteiger partial charge in [0.1, 0.15) is 0 Å². The zero-order valence-electron chi connectivity index (χ0n) is 15.9. The van der Waals surface area contributed by atoms with Crippen LogP contribution in [0.3, 0.4) is 0 Å². The molecule has 3 rings (SSSR count). The van der Waals surface area contributed by atoms with Gasteiger partial charge in [-0.2, -0.15) is 0 Å². The molecule has 1 fully saturated rings. The number of nitrogens with zero attached hydrogens (tertiary/aromatic N) is 2. The lowest BCUT2D eigenvalue weighted by Gasteiger charge is -2.29. The minimum atomic E-state index is -3.50. The SMILES string of the molecule is CC(CC(=O)N1CCc2ccc(S(=O)(=O)N(C)C)cc21)C1CCNCC1. The van der Waals surface area contributed by atoms with Crippen LogP contribution in [0.1, 0.15) is 31.7 Å². The summed E-state index contributed by atoms with van der Waals surface area (Å²) in [7, 11) is -0.459. The van der Waals surface area contributed by atoms with Crippen LogP contribution in [0.25, 0.3) is 0 Å². The Morgan fingerprint density at radius 1 is 1.31 bits per heavy atom. The Morgan fingerprint density at radius 3 is 2.65 bits per heavy atom. The van der Waals surface area contributed by atoms with Crippen molar-refractivity contribution in [1.82, 2.24) is 9.62 Å². The van der Waals surface area contributed by atoms with Crippen LogP contribution >= 0.6 is 0 Å². The number of nitrogens with one attached hydrogen (secondary N) is 1. The van der Waals surface area contributed by atoms with Crippen molar-refractivity contribution in [3.63, 3.8) is 0 Å². The standard InChI is InChI=1S/C19H29N3O3S/c1-14(15-6-9-20-10-7-15)12-19(23)22-11-8-16-4-5-17(13-18(16)22)26(24,25)21(2)3/h4-5,13-15,20H,6-12H2,1-3H3. The Balaban J connectivity index is 1.76. The van der Waals surface area contributed by atoms with Gasteiger partial charge in [-0.25, -0.2) is 12.7 Å². The first kappa shape index (κ1) is 19.3. The topological polar surface area (TPSA) is 69.7 Å². The van der Waals surface area contributed by atoms with Gasteiger partial charge < -0.3 is 10.2 Å². The monoisotopic (exact) mass is 379 g/mol. The molecule has 26 heavy (non-hydrogen) atoms. The van der Waals surface area contributed by atoms with Crippen molar-refractivity contribution in [3.8, 4) is 0 Å². The number of fused-ring (bicyclic) bond motifs is 1. The van der Waals surface area contributed by atoms with Crippen LogP contribution in [0.15, 0.2) is 23.1 Å². The fourth-order valence-electron chi connectivity index (χ4n) is 3.95. The predicted molar refractivity (Wildman–Crippen MR) is 103 cm³/mol. The van der Waals surface area contributed by atoms with Gasteiger partial charge >= 0.3 is 0 Å². The smallest absolute Gasteiger partial charge is 0.242 e. The molecule has 1 atom stereocenters. The molecule has 7 heteroatoms. The maximum atomic E-state index is 12.9. The largest absolute Gasteiger partial charge is 0.317 e. The van der Waals surface area contributed by atoms with Crippen molar-refractivity contribution in [2.24, 2.45) is 11.8 Å². The van der Waals surface area contributed by atoms with E-state index in [0.717, 1.165) is 43.6 Å². The zero-order valence-corrected chi connectivity index (χ0v) is 16.7. The molecule has 1 aromatic carbocycles. The summed E-state index contributed by atoms with van der Waals surface area (Å²) in [6.07, 6.45) is 3.55. The molecule has 1 amide bonds. The lowest BCUT2D eigenvalue weighted by atomic mass is 9.84. The van der Waals surface area contributed by atoms with Crippen molar-refractivity contribution >= 4 is 21.6 Å². The van der Waals surface area contributed by atoms with Crippen LogP contribution in [0, 0.1) is 11.8 Å². The average molecular weight is 380 g/mol. The number of amides is 1. The third-order valence-corrected chi connectivity index (χ3v) is 7.53. The third kappa shape index (κ3) is 3.80. The minimum Gasteiger partial charge on any atom is -0.317 e. The third-order valence-electron chi connectivity index (χ3n) is 5.72. The van der Waals surface area contributed by atoms with Gasteiger partial charge in [0, 0.05) is 32.7 Å². The molecule has 1 saturated heterocycles. The second kappa shape index (κ2) is 7.66. The molecule has 1 N–H and O–H groups in total. The van der Waals surface area contributed by atoms with E-state index in [2.05, 4.69) is 12.2 Å². The number of hydrogen-bond acceptors (Lipinski definition) is 4. The van der Waals surface area contributed by atoms with Gasteiger partial charge in [-0.05, 0) is 61.9 Å². The number of rotatable bonds is 5. The second-order valence-electron chi connectivity index (χ2n) is 7.64. The molecule has 2 aliphatic heterocycles. The summed E-state index contributed by atoms with van der Waals surface area (Å²) < 4.78 is 26.0. The maximum absolute atomic E-state index is 12.9. The summed E-state index contributed by atoms with van der Waals surface area (Å²) in [5.74, 6) is 1.04. The van der Waals surface area contributed by atoms with E-state index in [4.69, 9.17) is 0 Å². The van der Waals surface area contributed by atoms with Crippen LogP contribution in [-0.4, -0.2) is 52.4 Å². The fourth-order valence-corrected chi connectivity index (χ4v) is 4.88. The molecule has 0 aliphatic carbocycles. The van der Waals surface area contributed by atoms with Crippen LogP contribution in [-0.2, 0) is 21.2 Å². The Kier molecular flexibility index (Phi) is 5.69. The fraction of sp³-hybridized carbons (Fsp3) is 0.632. The first-order chi connectivity index (χ1) is 12.3. The summed E-state index contributed by atoms with van der Waals surface area (Å²) in [4.78, 5) is 14.9. The lowest BCUT2D eigenvalue weighted by molar-refractivity contribution is -0.119. The first-order valence-corrected chi connectivity index (χ1v) is 10.8. The summed E-state index contributed by atoms with van der Waals surface area (Å²) >= 11 is 0. The quantitative estimate of drug-likeness (QED) is 0.848. The number of piperidine rings is 1. The molecular weight excluding hydrogens is 350 g/mol. The summed E-state index contributed by atoms with van der Waals surface area (Å²) in [6.45, 7) is 4.86. The van der Waals surface area contributed by atoms with E-state index in [9.17, 15) is 13.2 Å². The van der Waals surface area contributed by atoms with Crippen molar-refractivity contribution in [2.45, 2.75) is 37.5 Å². The number of anilines is 1. The average Bonchev–Trinajstić information content (AvgIpc) is 3.05. The maximum Gasteiger partial charge on any atom is 0.242 e. The first-order valence-electron chi connectivity index (χ1n) is 9.37. The molecule has 2 heterocycles. The van der Waals surface area contributed by atoms with E-state index in [1.54, 1.807) is 17.0 Å². The summed E-state index contributed by atoms with van der Waals surface area (Å²) in [5.41, 5.74) is 1.81. The summed E-state index contributed by atoms with van der Waals surface area (Å²) in [5, 5.41) is 3.36. The molecule has 0 saturated carbocycles. The van der Waals surface area contributed by atoms with Crippen molar-refractivity contribution in [2.75, 3.05) is 38.6 Å². The van der Waals surface area contributed by atoms with Crippen LogP contribution in [0.4, 0.5) is 5.69 Å². The van der Waals surface area contributed by atoms with Gasteiger partial charge in [0.25, 0.3) is 0 Å². The molecule has 144 valence electrons. The van der Waals surface area contributed by atoms with E-state index in [-0.39, 0.29) is 10.8 Å². The Morgan fingerprint density at radius 2 is 2.00 bits per heavy atom. The van der Waals surface area contributed by atoms with Gasteiger partial charge in [0.2, 0.25) is 15.9 Å². The minimum absolute atomic E-state index is 0.106. The zero-order chi connectivity index (χ0) is 18.9. The Hall–Kier alpha value is -1.44. The van der Waals surface area contributed by atoms with Gasteiger partial charge in [0.05, 0.1) is 4.90 Å².